The van der Waals surface area contributed by atoms with Gasteiger partial charge in [-0.2, -0.15) is 11.8 Å². The Kier molecular flexibility index (Phi) is 4.10. The fourth-order valence-electron chi connectivity index (χ4n) is 2.49. The van der Waals surface area contributed by atoms with Gasteiger partial charge in [0.25, 0.3) is 0 Å². The van der Waals surface area contributed by atoms with Crippen LogP contribution in [0.3, 0.4) is 0 Å². The van der Waals surface area contributed by atoms with Crippen molar-refractivity contribution in [3.63, 3.8) is 0 Å². The van der Waals surface area contributed by atoms with Crippen molar-refractivity contribution in [3.8, 4) is 0 Å². The number of hydrogen-bond acceptors (Lipinski definition) is 4. The van der Waals surface area contributed by atoms with Crippen LogP contribution in [0.15, 0.2) is 11.0 Å². The molecule has 0 radical (unpaired) electrons. The topological polar surface area (TPSA) is 72.2 Å². The Bertz CT molecular complexity index is 635. The fourth-order valence-corrected chi connectivity index (χ4v) is 4.91. The first kappa shape index (κ1) is 15.7. The monoisotopic (exact) mass is 314 g/mol. The molecule has 0 heterocycles. The highest BCUT2D eigenvalue weighted by atomic mass is 32.2. The summed E-state index contributed by atoms with van der Waals surface area (Å²) in [5, 5.41) is 0. The molecule has 2 rings (SSSR count). The second-order valence-corrected chi connectivity index (χ2v) is 8.57. The Morgan fingerprint density at radius 1 is 1.30 bits per heavy atom. The lowest BCUT2D eigenvalue weighted by molar-refractivity contribution is 0.578. The number of aryl methyl sites for hydroxylation is 2. The number of hydrogen-bond donors (Lipinski definition) is 2. The Labute approximate surface area is 125 Å². The number of nitrogens with two attached hydrogens (primary N) is 1. The zero-order valence-electron chi connectivity index (χ0n) is 12.4. The van der Waals surface area contributed by atoms with E-state index in [1.807, 2.05) is 26.2 Å². The first-order chi connectivity index (χ1) is 9.22. The van der Waals surface area contributed by atoms with Gasteiger partial charge in [-0.15, -0.1) is 0 Å². The minimum atomic E-state index is -3.51. The second kappa shape index (κ2) is 5.24. The first-order valence-electron chi connectivity index (χ1n) is 6.63. The summed E-state index contributed by atoms with van der Waals surface area (Å²) in [7, 11) is -3.51. The van der Waals surface area contributed by atoms with Crippen LogP contribution in [0.5, 0.6) is 0 Å². The van der Waals surface area contributed by atoms with Gasteiger partial charge in [0.05, 0.1) is 4.90 Å². The van der Waals surface area contributed by atoms with E-state index in [0.717, 1.165) is 24.0 Å². The van der Waals surface area contributed by atoms with Crippen LogP contribution in [0.4, 0.5) is 5.69 Å². The van der Waals surface area contributed by atoms with Gasteiger partial charge in [0.1, 0.15) is 0 Å². The van der Waals surface area contributed by atoms with Gasteiger partial charge < -0.3 is 5.73 Å². The summed E-state index contributed by atoms with van der Waals surface area (Å²) in [6.45, 7) is 5.97. The highest BCUT2D eigenvalue weighted by molar-refractivity contribution is 8.00. The summed E-state index contributed by atoms with van der Waals surface area (Å²) in [6, 6.07) is 1.83. The third-order valence-corrected chi connectivity index (χ3v) is 7.16. The Balaban J connectivity index is 2.32. The fraction of sp³-hybridized carbons (Fsp3) is 0.571. The molecule has 0 bridgehead atoms. The minimum Gasteiger partial charge on any atom is -0.398 e. The molecular weight excluding hydrogens is 292 g/mol. The van der Waals surface area contributed by atoms with Crippen molar-refractivity contribution in [2.75, 3.05) is 18.5 Å². The summed E-state index contributed by atoms with van der Waals surface area (Å²) >= 11 is 1.74. The number of rotatable bonds is 5. The molecule has 1 aliphatic rings. The average Bonchev–Trinajstić information content (AvgIpc) is 3.14. The van der Waals surface area contributed by atoms with E-state index >= 15 is 0 Å². The van der Waals surface area contributed by atoms with Gasteiger partial charge in [-0.25, -0.2) is 13.1 Å². The highest BCUT2D eigenvalue weighted by Gasteiger charge is 2.42. The largest absolute Gasteiger partial charge is 0.398 e. The molecule has 0 saturated heterocycles. The number of anilines is 1. The highest BCUT2D eigenvalue weighted by Crippen LogP contribution is 2.46. The van der Waals surface area contributed by atoms with E-state index in [1.165, 1.54) is 0 Å². The molecule has 6 heteroatoms. The molecule has 0 aliphatic heterocycles. The maximum absolute atomic E-state index is 12.6. The summed E-state index contributed by atoms with van der Waals surface area (Å²) < 4.78 is 28.0. The van der Waals surface area contributed by atoms with E-state index in [0.29, 0.717) is 22.7 Å². The number of thioether (sulfide) groups is 1. The van der Waals surface area contributed by atoms with Crippen molar-refractivity contribution < 1.29 is 8.42 Å². The van der Waals surface area contributed by atoms with E-state index in [1.54, 1.807) is 18.7 Å². The van der Waals surface area contributed by atoms with E-state index in [-0.39, 0.29) is 4.75 Å². The third kappa shape index (κ3) is 2.82. The van der Waals surface area contributed by atoms with Gasteiger partial charge in [-0.3, -0.25) is 0 Å². The van der Waals surface area contributed by atoms with Crippen molar-refractivity contribution >= 4 is 27.5 Å². The predicted octanol–water partition coefficient (Wildman–Crippen LogP) is 2.37. The molecule has 20 heavy (non-hydrogen) atoms. The number of sulfonamides is 1. The molecule has 1 fully saturated rings. The van der Waals surface area contributed by atoms with Crippen molar-refractivity contribution in [2.24, 2.45) is 0 Å². The zero-order valence-corrected chi connectivity index (χ0v) is 14.0. The number of nitrogens with one attached hydrogen (secondary N) is 1. The lowest BCUT2D eigenvalue weighted by Gasteiger charge is -2.18. The van der Waals surface area contributed by atoms with Crippen molar-refractivity contribution in [1.82, 2.24) is 4.72 Å². The molecule has 1 aromatic rings. The molecule has 3 N–H and O–H groups in total. The van der Waals surface area contributed by atoms with Crippen LogP contribution >= 0.6 is 11.8 Å². The molecule has 0 aromatic heterocycles. The van der Waals surface area contributed by atoms with E-state index in [4.69, 9.17) is 5.73 Å². The van der Waals surface area contributed by atoms with Crippen LogP contribution in [-0.2, 0) is 10.0 Å². The maximum atomic E-state index is 12.6. The molecule has 4 nitrogen and oxygen atoms in total. The molecule has 112 valence electrons. The Hall–Kier alpha value is -0.720. The molecule has 0 amide bonds. The third-order valence-electron chi connectivity index (χ3n) is 4.05. The smallest absolute Gasteiger partial charge is 0.241 e. The average molecular weight is 314 g/mol. The van der Waals surface area contributed by atoms with Gasteiger partial charge in [-0.1, -0.05) is 6.07 Å². The summed E-state index contributed by atoms with van der Waals surface area (Å²) in [5.74, 6) is 0. The molecule has 1 saturated carbocycles. The zero-order chi connectivity index (χ0) is 15.1. The van der Waals surface area contributed by atoms with Gasteiger partial charge in [0, 0.05) is 17.0 Å². The lowest BCUT2D eigenvalue weighted by Crippen LogP contribution is -2.32. The molecule has 0 atom stereocenters. The van der Waals surface area contributed by atoms with Gasteiger partial charge in [0.15, 0.2) is 0 Å². The SMILES string of the molecule is CSC1(CNS(=O)(=O)c2c(C)cc(C)c(N)c2C)CC1. The lowest BCUT2D eigenvalue weighted by atomic mass is 10.1. The van der Waals surface area contributed by atoms with Crippen molar-refractivity contribution in [1.29, 1.82) is 0 Å². The van der Waals surface area contributed by atoms with Crippen molar-refractivity contribution in [2.45, 2.75) is 43.3 Å². The van der Waals surface area contributed by atoms with Crippen LogP contribution in [0, 0.1) is 20.8 Å². The van der Waals surface area contributed by atoms with Crippen LogP contribution in [-0.4, -0.2) is 26.0 Å². The molecule has 1 aliphatic carbocycles. The van der Waals surface area contributed by atoms with Crippen molar-refractivity contribution in [3.05, 3.63) is 22.8 Å². The van der Waals surface area contributed by atoms with Crippen LogP contribution in [0.25, 0.3) is 0 Å². The van der Waals surface area contributed by atoms with E-state index in [9.17, 15) is 8.42 Å². The van der Waals surface area contributed by atoms with E-state index in [2.05, 4.69) is 4.72 Å². The Morgan fingerprint density at radius 3 is 2.40 bits per heavy atom. The van der Waals surface area contributed by atoms with Crippen LogP contribution in [0.2, 0.25) is 0 Å². The maximum Gasteiger partial charge on any atom is 0.241 e. The molecule has 1 aromatic carbocycles. The summed E-state index contributed by atoms with van der Waals surface area (Å²) in [5.41, 5.74) is 8.84. The number of nitrogen functional groups attached to an aromatic ring is 1. The molecular formula is C14H22N2O2S2. The van der Waals surface area contributed by atoms with Gasteiger partial charge >= 0.3 is 0 Å². The first-order valence-corrected chi connectivity index (χ1v) is 9.34. The van der Waals surface area contributed by atoms with Crippen LogP contribution in [0.1, 0.15) is 29.5 Å². The normalized spacial score (nSPS) is 17.2. The summed E-state index contributed by atoms with van der Waals surface area (Å²) in [4.78, 5) is 0.331. The molecule has 0 unspecified atom stereocenters. The quantitative estimate of drug-likeness (QED) is 0.819. The second-order valence-electron chi connectivity index (χ2n) is 5.59. The van der Waals surface area contributed by atoms with Gasteiger partial charge in [0.2, 0.25) is 10.0 Å². The standard InChI is InChI=1S/C14H22N2O2S2/c1-9-7-10(2)13(11(3)12(9)15)20(17,18)16-8-14(19-4)5-6-14/h7,16H,5-6,8,15H2,1-4H3. The minimum absolute atomic E-state index is 0.102. The Morgan fingerprint density at radius 2 is 1.90 bits per heavy atom. The number of benzene rings is 1. The predicted molar refractivity (Wildman–Crippen MR) is 85.7 cm³/mol. The van der Waals surface area contributed by atoms with Crippen LogP contribution < -0.4 is 10.5 Å². The van der Waals surface area contributed by atoms with Gasteiger partial charge in [-0.05, 0) is 56.6 Å². The summed E-state index contributed by atoms with van der Waals surface area (Å²) in [6.07, 6.45) is 4.18. The molecule has 0 spiro atoms. The van der Waals surface area contributed by atoms with E-state index < -0.39 is 10.0 Å².